The average Bonchev–Trinajstić information content (AvgIpc) is 3.48. The van der Waals surface area contributed by atoms with Gasteiger partial charge in [0, 0.05) is 44.0 Å². The maximum absolute atomic E-state index is 5.07. The molecule has 5 nitrogen and oxygen atoms in total. The maximum Gasteiger partial charge on any atom is 0.193 e. The maximum atomic E-state index is 5.07. The second kappa shape index (κ2) is 12.9. The zero-order valence-electron chi connectivity index (χ0n) is 19.5. The number of aromatic nitrogens is 1. The molecule has 0 amide bonds. The molecule has 1 unspecified atom stereocenters. The van der Waals surface area contributed by atoms with E-state index in [0.717, 1.165) is 58.2 Å². The van der Waals surface area contributed by atoms with Crippen LogP contribution in [-0.4, -0.2) is 60.0 Å². The summed E-state index contributed by atoms with van der Waals surface area (Å²) < 4.78 is 0. The number of rotatable bonds is 7. The molecule has 32 heavy (non-hydrogen) atoms. The minimum absolute atomic E-state index is 0. The van der Waals surface area contributed by atoms with Crippen LogP contribution in [0, 0.1) is 5.92 Å². The number of nitrogens with zero attached hydrogens (tertiary/aromatic N) is 4. The van der Waals surface area contributed by atoms with Crippen molar-refractivity contribution in [3.05, 3.63) is 52.0 Å². The summed E-state index contributed by atoms with van der Waals surface area (Å²) in [7, 11) is 0. The van der Waals surface area contributed by atoms with Gasteiger partial charge in [-0.1, -0.05) is 37.3 Å². The van der Waals surface area contributed by atoms with Crippen LogP contribution in [0.5, 0.6) is 0 Å². The largest absolute Gasteiger partial charge is 0.357 e. The number of aryl methyl sites for hydroxylation is 1. The summed E-state index contributed by atoms with van der Waals surface area (Å²) in [5, 5.41) is 7.03. The van der Waals surface area contributed by atoms with Crippen molar-refractivity contribution in [2.24, 2.45) is 10.9 Å². The molecule has 3 heterocycles. The van der Waals surface area contributed by atoms with Crippen LogP contribution in [0.25, 0.3) is 0 Å². The van der Waals surface area contributed by atoms with Gasteiger partial charge < -0.3 is 10.2 Å². The number of thiazole rings is 1. The lowest BCUT2D eigenvalue weighted by Crippen LogP contribution is -2.40. The Balaban J connectivity index is 0.00000289. The monoisotopic (exact) mass is 567 g/mol. The summed E-state index contributed by atoms with van der Waals surface area (Å²) in [5.74, 6) is 2.42. The zero-order chi connectivity index (χ0) is 21.5. The van der Waals surface area contributed by atoms with E-state index in [2.05, 4.69) is 64.7 Å². The molecule has 2 saturated heterocycles. The Labute approximate surface area is 214 Å². The number of hydrogen-bond donors (Lipinski definition) is 1. The quantitative estimate of drug-likeness (QED) is 0.291. The van der Waals surface area contributed by atoms with E-state index in [-0.39, 0.29) is 24.0 Å². The first-order valence-electron chi connectivity index (χ1n) is 12.0. The highest BCUT2D eigenvalue weighted by Crippen LogP contribution is 2.27. The Bertz CT molecular complexity index is 832. The molecule has 0 bridgehead atoms. The number of benzene rings is 1. The van der Waals surface area contributed by atoms with Crippen molar-refractivity contribution in [2.75, 3.05) is 39.3 Å². The van der Waals surface area contributed by atoms with Gasteiger partial charge in [-0.05, 0) is 57.2 Å². The van der Waals surface area contributed by atoms with Gasteiger partial charge in [-0.15, -0.1) is 35.3 Å². The van der Waals surface area contributed by atoms with Gasteiger partial charge in [0.15, 0.2) is 5.96 Å². The normalized spacial score (nSPS) is 20.4. The van der Waals surface area contributed by atoms with Crippen molar-refractivity contribution in [3.8, 4) is 0 Å². The van der Waals surface area contributed by atoms with Gasteiger partial charge in [0.1, 0.15) is 0 Å². The summed E-state index contributed by atoms with van der Waals surface area (Å²) in [6.07, 6.45) is 4.73. The number of halogens is 1. The van der Waals surface area contributed by atoms with Crippen LogP contribution in [-0.2, 0) is 13.0 Å². The Morgan fingerprint density at radius 3 is 2.59 bits per heavy atom. The highest BCUT2D eigenvalue weighted by atomic mass is 127. The van der Waals surface area contributed by atoms with Gasteiger partial charge in [-0.3, -0.25) is 9.89 Å². The molecule has 1 aromatic carbocycles. The summed E-state index contributed by atoms with van der Waals surface area (Å²) in [4.78, 5) is 14.8. The number of hydrogen-bond acceptors (Lipinski definition) is 4. The number of guanidine groups is 1. The molecule has 176 valence electrons. The van der Waals surface area contributed by atoms with Gasteiger partial charge in [0.2, 0.25) is 0 Å². The smallest absolute Gasteiger partial charge is 0.193 e. The molecule has 0 saturated carbocycles. The topological polar surface area (TPSA) is 43.8 Å². The molecule has 1 aromatic heterocycles. The average molecular weight is 568 g/mol. The zero-order valence-corrected chi connectivity index (χ0v) is 22.6. The highest BCUT2D eigenvalue weighted by molar-refractivity contribution is 14.0. The van der Waals surface area contributed by atoms with E-state index in [1.54, 1.807) is 11.3 Å². The van der Waals surface area contributed by atoms with Crippen molar-refractivity contribution in [3.63, 3.8) is 0 Å². The van der Waals surface area contributed by atoms with E-state index in [1.165, 1.54) is 35.5 Å². The fourth-order valence-electron chi connectivity index (χ4n) is 4.73. The molecule has 0 aliphatic carbocycles. The third kappa shape index (κ3) is 6.90. The van der Waals surface area contributed by atoms with E-state index >= 15 is 0 Å². The molecule has 4 rings (SSSR count). The molecule has 2 aromatic rings. The molecule has 2 fully saturated rings. The van der Waals surface area contributed by atoms with Gasteiger partial charge in [0.25, 0.3) is 0 Å². The van der Waals surface area contributed by atoms with Gasteiger partial charge in [-0.25, -0.2) is 4.98 Å². The fourth-order valence-corrected chi connectivity index (χ4v) is 5.47. The number of piperidine rings is 1. The van der Waals surface area contributed by atoms with Crippen LogP contribution in [0.3, 0.4) is 0 Å². The Morgan fingerprint density at radius 2 is 1.91 bits per heavy atom. The first-order chi connectivity index (χ1) is 15.2. The van der Waals surface area contributed by atoms with E-state index in [4.69, 9.17) is 9.98 Å². The predicted molar refractivity (Wildman–Crippen MR) is 146 cm³/mol. The molecule has 2 aliphatic heterocycles. The molecular weight excluding hydrogens is 529 g/mol. The van der Waals surface area contributed by atoms with Crippen LogP contribution in [0.15, 0.2) is 40.7 Å². The number of nitrogens with one attached hydrogen (secondary N) is 1. The summed E-state index contributed by atoms with van der Waals surface area (Å²) in [5.41, 5.74) is 2.70. The van der Waals surface area contributed by atoms with Crippen molar-refractivity contribution >= 4 is 41.3 Å². The van der Waals surface area contributed by atoms with Crippen molar-refractivity contribution in [1.29, 1.82) is 0 Å². The van der Waals surface area contributed by atoms with E-state index in [1.807, 2.05) is 0 Å². The molecule has 2 aliphatic rings. The lowest BCUT2D eigenvalue weighted by molar-refractivity contribution is 0.179. The Morgan fingerprint density at radius 1 is 1.12 bits per heavy atom. The third-order valence-corrected chi connectivity index (χ3v) is 7.63. The van der Waals surface area contributed by atoms with E-state index in [9.17, 15) is 0 Å². The Hall–Kier alpha value is -1.19. The third-order valence-electron chi connectivity index (χ3n) is 6.59. The minimum atomic E-state index is 0. The molecule has 0 radical (unpaired) electrons. The second-order valence-electron chi connectivity index (χ2n) is 8.84. The molecular formula is C25H38IN5S. The summed E-state index contributed by atoms with van der Waals surface area (Å²) in [6, 6.07) is 10.9. The standard InChI is InChI=1S/C25H37N5S.HI/c1-3-24-28-23(19-31-24)18-29-13-10-20(11-14-29)16-27-25(26-4-2)30-15-12-22(17-30)21-8-6-5-7-9-21;/h5-9,19-20,22H,3-4,10-18H2,1-2H3,(H,26,27);1H. The fraction of sp³-hybridized carbons (Fsp3) is 0.600. The molecule has 0 spiro atoms. The van der Waals surface area contributed by atoms with E-state index < -0.39 is 0 Å². The van der Waals surface area contributed by atoms with Gasteiger partial charge in [0.05, 0.1) is 10.7 Å². The first-order valence-corrected chi connectivity index (χ1v) is 12.9. The summed E-state index contributed by atoms with van der Waals surface area (Å²) >= 11 is 1.80. The lowest BCUT2D eigenvalue weighted by atomic mass is 9.97. The van der Waals surface area contributed by atoms with Crippen LogP contribution in [0.2, 0.25) is 0 Å². The molecule has 7 heteroatoms. The SMILES string of the molecule is CCNC(=NCC1CCN(Cc2csc(CC)n2)CC1)N1CCC(c2ccccc2)C1.I. The van der Waals surface area contributed by atoms with Gasteiger partial charge in [-0.2, -0.15) is 0 Å². The first kappa shape index (κ1) is 25.4. The van der Waals surface area contributed by atoms with Crippen molar-refractivity contribution in [1.82, 2.24) is 20.1 Å². The van der Waals surface area contributed by atoms with Crippen molar-refractivity contribution in [2.45, 2.75) is 52.0 Å². The molecule has 1 N–H and O–H groups in total. The van der Waals surface area contributed by atoms with Crippen LogP contribution in [0.1, 0.15) is 55.3 Å². The summed E-state index contributed by atoms with van der Waals surface area (Å²) in [6.45, 7) is 11.7. The minimum Gasteiger partial charge on any atom is -0.357 e. The Kier molecular flexibility index (Phi) is 10.2. The van der Waals surface area contributed by atoms with Crippen LogP contribution < -0.4 is 5.32 Å². The number of likely N-dealkylation sites (tertiary alicyclic amines) is 2. The van der Waals surface area contributed by atoms with E-state index in [0.29, 0.717) is 11.8 Å². The highest BCUT2D eigenvalue weighted by Gasteiger charge is 2.26. The predicted octanol–water partition coefficient (Wildman–Crippen LogP) is 4.99. The molecule has 1 atom stereocenters. The van der Waals surface area contributed by atoms with Crippen LogP contribution >= 0.6 is 35.3 Å². The lowest BCUT2D eigenvalue weighted by Gasteiger charge is -2.31. The van der Waals surface area contributed by atoms with Crippen molar-refractivity contribution < 1.29 is 0 Å². The second-order valence-corrected chi connectivity index (χ2v) is 9.79. The van der Waals surface area contributed by atoms with Crippen LogP contribution in [0.4, 0.5) is 0 Å². The van der Waals surface area contributed by atoms with Gasteiger partial charge >= 0.3 is 0 Å². The number of aliphatic imine (C=N–C) groups is 1.